The van der Waals surface area contributed by atoms with Gasteiger partial charge in [0.15, 0.2) is 0 Å². The summed E-state index contributed by atoms with van der Waals surface area (Å²) in [6.07, 6.45) is 7.56. The molecule has 1 N–H and O–H groups in total. The van der Waals surface area contributed by atoms with Gasteiger partial charge in [-0.15, -0.1) is 0 Å². The fraction of sp³-hybridized carbons (Fsp3) is 0.667. The van der Waals surface area contributed by atoms with E-state index >= 15 is 0 Å². The first-order chi connectivity index (χ1) is 10.1. The van der Waals surface area contributed by atoms with Crippen LogP contribution in [0.2, 0.25) is 10.0 Å². The predicted molar refractivity (Wildman–Crippen MR) is 93.4 cm³/mol. The Morgan fingerprint density at radius 1 is 1.24 bits per heavy atom. The Kier molecular flexibility index (Phi) is 6.85. The number of rotatable bonds is 7. The van der Waals surface area contributed by atoms with Gasteiger partial charge in [0, 0.05) is 16.1 Å². The summed E-state index contributed by atoms with van der Waals surface area (Å²) in [6, 6.07) is 6.33. The Balaban J connectivity index is 2.07. The maximum Gasteiger partial charge on any atom is 0.0439 e. The van der Waals surface area contributed by atoms with Crippen molar-refractivity contribution in [3.05, 3.63) is 33.8 Å². The van der Waals surface area contributed by atoms with Crippen LogP contribution in [-0.4, -0.2) is 12.6 Å². The lowest BCUT2D eigenvalue weighted by molar-refractivity contribution is 0.344. The highest BCUT2D eigenvalue weighted by Crippen LogP contribution is 2.36. The number of halogens is 2. The molecule has 3 atom stereocenters. The van der Waals surface area contributed by atoms with E-state index in [1.54, 1.807) is 0 Å². The Morgan fingerprint density at radius 3 is 2.71 bits per heavy atom. The van der Waals surface area contributed by atoms with Gasteiger partial charge in [0.1, 0.15) is 0 Å². The molecule has 0 aromatic heterocycles. The molecule has 0 heterocycles. The van der Waals surface area contributed by atoms with Crippen molar-refractivity contribution in [3.63, 3.8) is 0 Å². The zero-order valence-electron chi connectivity index (χ0n) is 13.2. The van der Waals surface area contributed by atoms with Crippen LogP contribution in [0.25, 0.3) is 0 Å². The number of hydrogen-bond acceptors (Lipinski definition) is 1. The quantitative estimate of drug-likeness (QED) is 0.674. The van der Waals surface area contributed by atoms with E-state index in [4.69, 9.17) is 23.2 Å². The zero-order chi connectivity index (χ0) is 15.2. The highest BCUT2D eigenvalue weighted by atomic mass is 35.5. The molecule has 0 radical (unpaired) electrons. The molecular weight excluding hydrogens is 301 g/mol. The van der Waals surface area contributed by atoms with Gasteiger partial charge in [0.25, 0.3) is 0 Å². The molecule has 2 rings (SSSR count). The molecule has 118 valence electrons. The predicted octanol–water partition coefficient (Wildman–Crippen LogP) is 5.73. The molecule has 1 aliphatic carbocycles. The fourth-order valence-corrected chi connectivity index (χ4v) is 3.91. The number of hydrogen-bond donors (Lipinski definition) is 1. The van der Waals surface area contributed by atoms with Gasteiger partial charge in [-0.1, -0.05) is 49.9 Å². The van der Waals surface area contributed by atoms with E-state index in [2.05, 4.69) is 19.2 Å². The van der Waals surface area contributed by atoms with Gasteiger partial charge in [-0.25, -0.2) is 0 Å². The summed E-state index contributed by atoms with van der Waals surface area (Å²) < 4.78 is 0. The third kappa shape index (κ3) is 4.87. The highest BCUT2D eigenvalue weighted by Gasteiger charge is 2.30. The molecule has 0 bridgehead atoms. The van der Waals surface area contributed by atoms with Crippen LogP contribution in [0.1, 0.15) is 51.5 Å². The van der Waals surface area contributed by atoms with Crippen LogP contribution in [0.5, 0.6) is 0 Å². The van der Waals surface area contributed by atoms with Crippen LogP contribution in [-0.2, 0) is 6.42 Å². The van der Waals surface area contributed by atoms with Crippen LogP contribution in [0.4, 0.5) is 0 Å². The average molecular weight is 328 g/mol. The monoisotopic (exact) mass is 327 g/mol. The second-order valence-electron chi connectivity index (χ2n) is 6.35. The molecule has 1 aromatic carbocycles. The van der Waals surface area contributed by atoms with E-state index in [0.29, 0.717) is 6.04 Å². The Bertz CT molecular complexity index is 447. The Morgan fingerprint density at radius 2 is 2.05 bits per heavy atom. The summed E-state index contributed by atoms with van der Waals surface area (Å²) in [7, 11) is 0. The molecule has 0 saturated heterocycles. The minimum atomic E-state index is 0.525. The summed E-state index contributed by atoms with van der Waals surface area (Å²) in [5.74, 6) is 1.69. The SMILES string of the molecule is CCCNC(Cc1cc(Cl)ccc1Cl)C1CCC(CC)C1. The first kappa shape index (κ1) is 17.1. The molecule has 1 aromatic rings. The van der Waals surface area contributed by atoms with E-state index < -0.39 is 0 Å². The molecule has 0 spiro atoms. The molecule has 3 heteroatoms. The van der Waals surface area contributed by atoms with E-state index in [0.717, 1.165) is 34.8 Å². The van der Waals surface area contributed by atoms with Gasteiger partial charge in [0.2, 0.25) is 0 Å². The van der Waals surface area contributed by atoms with Crippen molar-refractivity contribution in [1.82, 2.24) is 5.32 Å². The Labute approximate surface area is 139 Å². The smallest absolute Gasteiger partial charge is 0.0439 e. The molecule has 0 aliphatic heterocycles. The van der Waals surface area contributed by atoms with Crippen LogP contribution < -0.4 is 5.32 Å². The minimum absolute atomic E-state index is 0.525. The van der Waals surface area contributed by atoms with Gasteiger partial charge in [-0.05, 0) is 67.8 Å². The van der Waals surface area contributed by atoms with Gasteiger partial charge >= 0.3 is 0 Å². The second kappa shape index (κ2) is 8.41. The highest BCUT2D eigenvalue weighted by molar-refractivity contribution is 6.33. The summed E-state index contributed by atoms with van der Waals surface area (Å²) in [5, 5.41) is 5.37. The van der Waals surface area contributed by atoms with Crippen molar-refractivity contribution in [2.24, 2.45) is 11.8 Å². The molecule has 1 nitrogen and oxygen atoms in total. The lowest BCUT2D eigenvalue weighted by Gasteiger charge is -2.26. The molecule has 21 heavy (non-hydrogen) atoms. The second-order valence-corrected chi connectivity index (χ2v) is 7.19. The van der Waals surface area contributed by atoms with Gasteiger partial charge in [-0.2, -0.15) is 0 Å². The lowest BCUT2D eigenvalue weighted by Crippen LogP contribution is -2.37. The zero-order valence-corrected chi connectivity index (χ0v) is 14.7. The normalized spacial score (nSPS) is 23.4. The first-order valence-electron chi connectivity index (χ1n) is 8.31. The molecule has 1 aliphatic rings. The van der Waals surface area contributed by atoms with Crippen LogP contribution >= 0.6 is 23.2 Å². The molecule has 3 unspecified atom stereocenters. The van der Waals surface area contributed by atoms with E-state index in [1.165, 1.54) is 37.7 Å². The minimum Gasteiger partial charge on any atom is -0.313 e. The van der Waals surface area contributed by atoms with Gasteiger partial charge in [-0.3, -0.25) is 0 Å². The van der Waals surface area contributed by atoms with Gasteiger partial charge in [0.05, 0.1) is 0 Å². The van der Waals surface area contributed by atoms with Crippen molar-refractivity contribution in [2.45, 2.75) is 58.4 Å². The van der Waals surface area contributed by atoms with Crippen molar-refractivity contribution in [2.75, 3.05) is 6.54 Å². The third-order valence-electron chi connectivity index (χ3n) is 4.83. The topological polar surface area (TPSA) is 12.0 Å². The van der Waals surface area contributed by atoms with Crippen LogP contribution in [0.15, 0.2) is 18.2 Å². The largest absolute Gasteiger partial charge is 0.313 e. The molecule has 1 fully saturated rings. The maximum atomic E-state index is 6.35. The maximum absolute atomic E-state index is 6.35. The first-order valence-corrected chi connectivity index (χ1v) is 9.06. The van der Waals surface area contributed by atoms with E-state index in [9.17, 15) is 0 Å². The Hall–Kier alpha value is -0.240. The summed E-state index contributed by atoms with van der Waals surface area (Å²) in [4.78, 5) is 0. The molecular formula is C18H27Cl2N. The fourth-order valence-electron chi connectivity index (χ4n) is 3.52. The number of benzene rings is 1. The van der Waals surface area contributed by atoms with E-state index in [1.807, 2.05) is 18.2 Å². The van der Waals surface area contributed by atoms with Gasteiger partial charge < -0.3 is 5.32 Å². The number of nitrogens with one attached hydrogen (secondary N) is 1. The average Bonchev–Trinajstić information content (AvgIpc) is 2.95. The summed E-state index contributed by atoms with van der Waals surface area (Å²) in [5.41, 5.74) is 1.18. The van der Waals surface area contributed by atoms with Crippen molar-refractivity contribution in [3.8, 4) is 0 Å². The van der Waals surface area contributed by atoms with Crippen molar-refractivity contribution in [1.29, 1.82) is 0 Å². The van der Waals surface area contributed by atoms with E-state index in [-0.39, 0.29) is 0 Å². The van der Waals surface area contributed by atoms with Crippen LogP contribution in [0.3, 0.4) is 0 Å². The van der Waals surface area contributed by atoms with Crippen molar-refractivity contribution >= 4 is 23.2 Å². The van der Waals surface area contributed by atoms with Crippen LogP contribution in [0, 0.1) is 11.8 Å². The summed E-state index contributed by atoms with van der Waals surface area (Å²) >= 11 is 12.5. The standard InChI is InChI=1S/C18H27Cl2N/c1-3-9-21-18(14-6-5-13(4-2)10-14)12-15-11-16(19)7-8-17(15)20/h7-8,11,13-14,18,21H,3-6,9-10,12H2,1-2H3. The molecule has 1 saturated carbocycles. The van der Waals surface area contributed by atoms with Crippen molar-refractivity contribution < 1.29 is 0 Å². The lowest BCUT2D eigenvalue weighted by atomic mass is 9.90. The third-order valence-corrected chi connectivity index (χ3v) is 5.44. The molecule has 0 amide bonds. The summed E-state index contributed by atoms with van der Waals surface area (Å²) in [6.45, 7) is 5.62.